The molecule has 1 amide bonds. The molecule has 0 atom stereocenters. The Morgan fingerprint density at radius 3 is 2.67 bits per heavy atom. The van der Waals surface area contributed by atoms with Gasteiger partial charge in [0, 0.05) is 5.69 Å². The van der Waals surface area contributed by atoms with Crippen LogP contribution in [0.5, 0.6) is 5.75 Å². The zero-order chi connectivity index (χ0) is 17.4. The van der Waals surface area contributed by atoms with Gasteiger partial charge in [-0.3, -0.25) is 15.6 Å². The zero-order valence-corrected chi connectivity index (χ0v) is 14.6. The van der Waals surface area contributed by atoms with E-state index in [4.69, 9.17) is 17.0 Å². The normalized spacial score (nSPS) is 9.92. The molecule has 5 nitrogen and oxygen atoms in total. The van der Waals surface area contributed by atoms with E-state index in [0.29, 0.717) is 10.9 Å². The summed E-state index contributed by atoms with van der Waals surface area (Å²) in [6, 6.07) is 15.4. The molecule has 0 unspecified atom stereocenters. The van der Waals surface area contributed by atoms with Crippen LogP contribution in [0.4, 0.5) is 5.69 Å². The monoisotopic (exact) mass is 343 g/mol. The van der Waals surface area contributed by atoms with Crippen molar-refractivity contribution in [2.24, 2.45) is 0 Å². The van der Waals surface area contributed by atoms with Crippen molar-refractivity contribution in [2.45, 2.75) is 20.3 Å². The second kappa shape index (κ2) is 8.88. The van der Waals surface area contributed by atoms with Crippen molar-refractivity contribution in [1.82, 2.24) is 10.9 Å². The lowest BCUT2D eigenvalue weighted by atomic mass is 10.1. The summed E-state index contributed by atoms with van der Waals surface area (Å²) in [5.74, 6) is 0.340. The van der Waals surface area contributed by atoms with Gasteiger partial charge in [0.2, 0.25) is 0 Å². The van der Waals surface area contributed by atoms with E-state index in [1.165, 1.54) is 0 Å². The van der Waals surface area contributed by atoms with Crippen LogP contribution in [0.1, 0.15) is 18.1 Å². The maximum Gasteiger partial charge on any atom is 0.276 e. The Bertz CT molecular complexity index is 719. The number of hydrogen-bond acceptors (Lipinski definition) is 3. The maximum absolute atomic E-state index is 11.8. The maximum atomic E-state index is 11.8. The van der Waals surface area contributed by atoms with Crippen LogP contribution >= 0.6 is 12.2 Å². The molecular formula is C18H21N3O2S. The number of para-hydroxylation sites is 1. The molecule has 2 aromatic rings. The van der Waals surface area contributed by atoms with Crippen LogP contribution in [0.3, 0.4) is 0 Å². The van der Waals surface area contributed by atoms with E-state index in [1.54, 1.807) is 0 Å². The standard InChI is InChI=1S/C18H21N3O2S/c1-3-14-8-4-5-10-16(14)19-18(24)21-20-17(22)12-23-15-9-6-7-13(2)11-15/h4-11H,3,12H2,1-2H3,(H,20,22)(H2,19,21,24). The number of benzene rings is 2. The van der Waals surface area contributed by atoms with Gasteiger partial charge in [-0.05, 0) is 54.9 Å². The average Bonchev–Trinajstić information content (AvgIpc) is 2.58. The summed E-state index contributed by atoms with van der Waals surface area (Å²) in [5, 5.41) is 3.38. The zero-order valence-electron chi connectivity index (χ0n) is 13.8. The fourth-order valence-corrected chi connectivity index (χ4v) is 2.28. The predicted octanol–water partition coefficient (Wildman–Crippen LogP) is 2.95. The minimum absolute atomic E-state index is 0.0926. The highest BCUT2D eigenvalue weighted by molar-refractivity contribution is 7.80. The number of thiocarbonyl (C=S) groups is 1. The average molecular weight is 343 g/mol. The largest absolute Gasteiger partial charge is 0.484 e. The smallest absolute Gasteiger partial charge is 0.276 e. The van der Waals surface area contributed by atoms with Gasteiger partial charge in [-0.1, -0.05) is 37.3 Å². The number of amides is 1. The Hall–Kier alpha value is -2.60. The van der Waals surface area contributed by atoms with Crippen LogP contribution in [-0.4, -0.2) is 17.6 Å². The summed E-state index contributed by atoms with van der Waals surface area (Å²) in [5.41, 5.74) is 8.32. The quantitative estimate of drug-likeness (QED) is 0.575. The Balaban J connectivity index is 1.76. The van der Waals surface area contributed by atoms with Gasteiger partial charge in [0.25, 0.3) is 5.91 Å². The molecule has 2 rings (SSSR count). The van der Waals surface area contributed by atoms with E-state index >= 15 is 0 Å². The molecular weight excluding hydrogens is 322 g/mol. The molecule has 0 aliphatic rings. The Morgan fingerprint density at radius 1 is 1.12 bits per heavy atom. The van der Waals surface area contributed by atoms with E-state index in [0.717, 1.165) is 23.2 Å². The number of hydrazine groups is 1. The molecule has 0 saturated heterocycles. The molecule has 0 heterocycles. The van der Waals surface area contributed by atoms with Gasteiger partial charge >= 0.3 is 0 Å². The highest BCUT2D eigenvalue weighted by atomic mass is 32.1. The van der Waals surface area contributed by atoms with Gasteiger partial charge in [-0.15, -0.1) is 0 Å². The summed E-state index contributed by atoms with van der Waals surface area (Å²) < 4.78 is 5.42. The molecule has 0 fully saturated rings. The molecule has 0 saturated carbocycles. The summed E-state index contributed by atoms with van der Waals surface area (Å²) in [4.78, 5) is 11.8. The van der Waals surface area contributed by atoms with Crippen molar-refractivity contribution < 1.29 is 9.53 Å². The second-order valence-corrected chi connectivity index (χ2v) is 5.65. The highest BCUT2D eigenvalue weighted by Crippen LogP contribution is 2.15. The number of hydrogen-bond donors (Lipinski definition) is 3. The topological polar surface area (TPSA) is 62.4 Å². The molecule has 0 aliphatic carbocycles. The van der Waals surface area contributed by atoms with Gasteiger partial charge < -0.3 is 10.1 Å². The van der Waals surface area contributed by atoms with Gasteiger partial charge in [0.05, 0.1) is 0 Å². The van der Waals surface area contributed by atoms with Crippen LogP contribution in [0.15, 0.2) is 48.5 Å². The number of nitrogens with one attached hydrogen (secondary N) is 3. The first-order valence-corrected chi connectivity index (χ1v) is 8.12. The molecule has 0 radical (unpaired) electrons. The third-order valence-corrected chi connectivity index (χ3v) is 3.53. The molecule has 3 N–H and O–H groups in total. The predicted molar refractivity (Wildman–Crippen MR) is 100.0 cm³/mol. The summed E-state index contributed by atoms with van der Waals surface area (Å²) in [7, 11) is 0. The minimum Gasteiger partial charge on any atom is -0.484 e. The van der Waals surface area contributed by atoms with Crippen LogP contribution in [0.25, 0.3) is 0 Å². The SMILES string of the molecule is CCc1ccccc1NC(=S)NNC(=O)COc1cccc(C)c1. The van der Waals surface area contributed by atoms with Crippen molar-refractivity contribution in [3.05, 3.63) is 59.7 Å². The first-order chi connectivity index (χ1) is 11.6. The van der Waals surface area contributed by atoms with Crippen molar-refractivity contribution in [3.8, 4) is 5.75 Å². The van der Waals surface area contributed by atoms with Crippen molar-refractivity contribution in [1.29, 1.82) is 0 Å². The minimum atomic E-state index is -0.315. The lowest BCUT2D eigenvalue weighted by molar-refractivity contribution is -0.123. The fourth-order valence-electron chi connectivity index (χ4n) is 2.12. The fraction of sp³-hybridized carbons (Fsp3) is 0.222. The van der Waals surface area contributed by atoms with Crippen LogP contribution in [-0.2, 0) is 11.2 Å². The van der Waals surface area contributed by atoms with Crippen LogP contribution < -0.4 is 20.9 Å². The number of carbonyl (C=O) groups excluding carboxylic acids is 1. The molecule has 0 aromatic heterocycles. The lowest BCUT2D eigenvalue weighted by Crippen LogP contribution is -2.45. The molecule has 6 heteroatoms. The van der Waals surface area contributed by atoms with Gasteiger partial charge in [0.1, 0.15) is 5.75 Å². The van der Waals surface area contributed by atoms with Gasteiger partial charge in [0.15, 0.2) is 11.7 Å². The number of aryl methyl sites for hydroxylation is 2. The summed E-state index contributed by atoms with van der Waals surface area (Å²) in [6.45, 7) is 3.94. The van der Waals surface area contributed by atoms with Crippen molar-refractivity contribution >= 4 is 28.9 Å². The van der Waals surface area contributed by atoms with Crippen molar-refractivity contribution in [3.63, 3.8) is 0 Å². The highest BCUT2D eigenvalue weighted by Gasteiger charge is 2.05. The Morgan fingerprint density at radius 2 is 1.92 bits per heavy atom. The van der Waals surface area contributed by atoms with Gasteiger partial charge in [-0.2, -0.15) is 0 Å². The first-order valence-electron chi connectivity index (χ1n) is 7.71. The Kier molecular flexibility index (Phi) is 6.57. The van der Waals surface area contributed by atoms with E-state index in [1.807, 2.05) is 55.5 Å². The first kappa shape index (κ1) is 17.7. The third kappa shape index (κ3) is 5.55. The van der Waals surface area contributed by atoms with Crippen molar-refractivity contribution in [2.75, 3.05) is 11.9 Å². The second-order valence-electron chi connectivity index (χ2n) is 5.24. The van der Waals surface area contributed by atoms with E-state index in [-0.39, 0.29) is 12.5 Å². The van der Waals surface area contributed by atoms with Crippen LogP contribution in [0.2, 0.25) is 0 Å². The number of carbonyl (C=O) groups is 1. The van der Waals surface area contributed by atoms with Crippen LogP contribution in [0, 0.1) is 6.92 Å². The van der Waals surface area contributed by atoms with E-state index in [9.17, 15) is 4.79 Å². The van der Waals surface area contributed by atoms with E-state index in [2.05, 4.69) is 23.1 Å². The molecule has 24 heavy (non-hydrogen) atoms. The Labute approximate surface area is 147 Å². The number of ether oxygens (including phenoxy) is 1. The number of anilines is 1. The third-order valence-electron chi connectivity index (χ3n) is 3.32. The molecule has 126 valence electrons. The van der Waals surface area contributed by atoms with E-state index < -0.39 is 0 Å². The van der Waals surface area contributed by atoms with Gasteiger partial charge in [-0.25, -0.2) is 0 Å². The summed E-state index contributed by atoms with van der Waals surface area (Å²) >= 11 is 5.18. The molecule has 0 spiro atoms. The number of rotatable bonds is 5. The summed E-state index contributed by atoms with van der Waals surface area (Å²) in [6.07, 6.45) is 0.891. The lowest BCUT2D eigenvalue weighted by Gasteiger charge is -2.14. The molecule has 0 bridgehead atoms. The molecule has 2 aromatic carbocycles. The molecule has 0 aliphatic heterocycles.